The summed E-state index contributed by atoms with van der Waals surface area (Å²) in [6, 6.07) is 9.51. The molecule has 5 rings (SSSR count). The van der Waals surface area contributed by atoms with Gasteiger partial charge in [0.05, 0.1) is 18.3 Å². The molecule has 9 heteroatoms. The van der Waals surface area contributed by atoms with E-state index in [0.717, 1.165) is 35.3 Å². The Morgan fingerprint density at radius 3 is 3.00 bits per heavy atom. The summed E-state index contributed by atoms with van der Waals surface area (Å²) in [5.41, 5.74) is 2.61. The SMILES string of the molecule is Cn1nccc1C1CCCCN1C1CCOc2cc(SNc3ncns3)ccc21. The van der Waals surface area contributed by atoms with E-state index >= 15 is 0 Å². The van der Waals surface area contributed by atoms with E-state index in [4.69, 9.17) is 4.74 Å². The lowest BCUT2D eigenvalue weighted by molar-refractivity contribution is 0.0629. The number of rotatable bonds is 5. The Balaban J connectivity index is 1.38. The van der Waals surface area contributed by atoms with Gasteiger partial charge < -0.3 is 9.46 Å². The van der Waals surface area contributed by atoms with Gasteiger partial charge in [-0.15, -0.1) is 0 Å². The van der Waals surface area contributed by atoms with Gasteiger partial charge in [0.1, 0.15) is 12.1 Å². The number of aryl methyl sites for hydroxylation is 1. The molecule has 29 heavy (non-hydrogen) atoms. The van der Waals surface area contributed by atoms with Crippen molar-refractivity contribution in [1.82, 2.24) is 24.0 Å². The monoisotopic (exact) mass is 428 g/mol. The van der Waals surface area contributed by atoms with Crippen LogP contribution in [0, 0.1) is 0 Å². The zero-order valence-electron chi connectivity index (χ0n) is 16.3. The smallest absolute Gasteiger partial charge is 0.212 e. The minimum absolute atomic E-state index is 0.383. The largest absolute Gasteiger partial charge is 0.493 e. The van der Waals surface area contributed by atoms with Crippen LogP contribution in [-0.4, -0.2) is 37.2 Å². The highest BCUT2D eigenvalue weighted by Crippen LogP contribution is 2.44. The highest BCUT2D eigenvalue weighted by Gasteiger charge is 2.35. The summed E-state index contributed by atoms with van der Waals surface area (Å²) in [5, 5.41) is 5.22. The molecule has 0 aliphatic carbocycles. The molecule has 2 unspecified atom stereocenters. The molecule has 0 saturated carbocycles. The van der Waals surface area contributed by atoms with E-state index in [9.17, 15) is 0 Å². The van der Waals surface area contributed by atoms with Gasteiger partial charge in [0.15, 0.2) is 0 Å². The Morgan fingerprint density at radius 1 is 1.21 bits per heavy atom. The van der Waals surface area contributed by atoms with E-state index in [1.54, 1.807) is 18.3 Å². The molecule has 2 aliphatic heterocycles. The summed E-state index contributed by atoms with van der Waals surface area (Å²) in [7, 11) is 2.05. The Morgan fingerprint density at radius 2 is 2.17 bits per heavy atom. The van der Waals surface area contributed by atoms with E-state index < -0.39 is 0 Å². The number of aromatic nitrogens is 4. The van der Waals surface area contributed by atoms with E-state index in [2.05, 4.69) is 55.4 Å². The van der Waals surface area contributed by atoms with Gasteiger partial charge in [0.2, 0.25) is 5.13 Å². The van der Waals surface area contributed by atoms with E-state index in [-0.39, 0.29) is 0 Å². The molecule has 1 fully saturated rings. The number of benzene rings is 1. The molecule has 1 N–H and O–H groups in total. The Labute approximate surface area is 178 Å². The lowest BCUT2D eigenvalue weighted by atomic mass is 9.91. The first-order valence-corrected chi connectivity index (χ1v) is 11.6. The van der Waals surface area contributed by atoms with Gasteiger partial charge in [-0.1, -0.05) is 12.5 Å². The summed E-state index contributed by atoms with van der Waals surface area (Å²) in [4.78, 5) is 7.95. The molecule has 2 aliphatic rings. The number of nitrogens with one attached hydrogen (secondary N) is 1. The fourth-order valence-corrected chi connectivity index (χ4v) is 5.56. The third-order valence-corrected chi connectivity index (χ3v) is 7.25. The molecule has 1 saturated heterocycles. The Bertz CT molecular complexity index is 960. The fraction of sp³-hybridized carbons (Fsp3) is 0.450. The van der Waals surface area contributed by atoms with Crippen molar-refractivity contribution in [3.8, 4) is 5.75 Å². The minimum Gasteiger partial charge on any atom is -0.493 e. The van der Waals surface area contributed by atoms with Crippen LogP contribution < -0.4 is 9.46 Å². The summed E-state index contributed by atoms with van der Waals surface area (Å²) in [6.07, 6.45) is 8.21. The first-order valence-electron chi connectivity index (χ1n) is 9.99. The van der Waals surface area contributed by atoms with Crippen LogP contribution in [0.4, 0.5) is 5.13 Å². The van der Waals surface area contributed by atoms with E-state index in [1.807, 2.05) is 10.9 Å². The van der Waals surface area contributed by atoms with Crippen molar-refractivity contribution in [3.05, 3.63) is 48.0 Å². The maximum Gasteiger partial charge on any atom is 0.212 e. The van der Waals surface area contributed by atoms with Gasteiger partial charge in [-0.25, -0.2) is 4.98 Å². The molecule has 0 radical (unpaired) electrons. The second-order valence-corrected chi connectivity index (χ2v) is 9.09. The first kappa shape index (κ1) is 18.9. The van der Waals surface area contributed by atoms with Crippen LogP contribution in [0.3, 0.4) is 0 Å². The molecular formula is C20H24N6OS2. The van der Waals surface area contributed by atoms with Gasteiger partial charge in [-0.05, 0) is 49.5 Å². The lowest BCUT2D eigenvalue weighted by Gasteiger charge is -2.43. The molecule has 152 valence electrons. The number of anilines is 1. The van der Waals surface area contributed by atoms with Crippen molar-refractivity contribution >= 4 is 28.6 Å². The lowest BCUT2D eigenvalue weighted by Crippen LogP contribution is -2.39. The number of hydrogen-bond donors (Lipinski definition) is 1. The summed E-state index contributed by atoms with van der Waals surface area (Å²) in [6.45, 7) is 1.87. The fourth-order valence-electron chi connectivity index (χ4n) is 4.44. The standard InChI is InChI=1S/C20H24N6OS2/c1-25-17(7-9-22-25)18-4-2-3-10-26(18)16-8-11-27-19-12-14(5-6-15(16)19)28-24-20-21-13-23-29-20/h5-7,9,12-13,16,18H,2-4,8,10-11H2,1H3,(H,21,23,24). The molecule has 3 aromatic rings. The maximum absolute atomic E-state index is 6.06. The van der Waals surface area contributed by atoms with Crippen LogP contribution >= 0.6 is 23.5 Å². The molecule has 4 heterocycles. The van der Waals surface area contributed by atoms with Crippen LogP contribution in [0.5, 0.6) is 5.75 Å². The van der Waals surface area contributed by atoms with Gasteiger partial charge in [0.25, 0.3) is 0 Å². The normalized spacial score (nSPS) is 22.1. The highest BCUT2D eigenvalue weighted by molar-refractivity contribution is 8.00. The third-order valence-electron chi connectivity index (χ3n) is 5.76. The van der Waals surface area contributed by atoms with Crippen molar-refractivity contribution in [2.45, 2.75) is 42.7 Å². The molecule has 7 nitrogen and oxygen atoms in total. The quantitative estimate of drug-likeness (QED) is 0.603. The van der Waals surface area contributed by atoms with Gasteiger partial charge >= 0.3 is 0 Å². The van der Waals surface area contributed by atoms with Gasteiger partial charge in [-0.2, -0.15) is 9.47 Å². The van der Waals surface area contributed by atoms with Crippen molar-refractivity contribution < 1.29 is 4.74 Å². The maximum atomic E-state index is 6.06. The van der Waals surface area contributed by atoms with E-state index in [1.165, 1.54) is 42.1 Å². The predicted molar refractivity (Wildman–Crippen MR) is 115 cm³/mol. The Hall–Kier alpha value is -2.10. The average molecular weight is 429 g/mol. The van der Waals surface area contributed by atoms with Gasteiger partial charge in [-0.3, -0.25) is 9.58 Å². The second kappa shape index (κ2) is 8.33. The van der Waals surface area contributed by atoms with Crippen LogP contribution in [0.15, 0.2) is 41.7 Å². The molecule has 1 aromatic carbocycles. The first-order chi connectivity index (χ1) is 14.3. The second-order valence-electron chi connectivity index (χ2n) is 7.43. The minimum atomic E-state index is 0.383. The number of nitrogens with zero attached hydrogens (tertiary/aromatic N) is 5. The van der Waals surface area contributed by atoms with Crippen molar-refractivity contribution in [3.63, 3.8) is 0 Å². The predicted octanol–water partition coefficient (Wildman–Crippen LogP) is 4.44. The van der Waals surface area contributed by atoms with E-state index in [0.29, 0.717) is 12.1 Å². The van der Waals surface area contributed by atoms with Crippen LogP contribution in [0.1, 0.15) is 49.0 Å². The number of piperidine rings is 1. The molecule has 0 amide bonds. The topological polar surface area (TPSA) is 68.1 Å². The van der Waals surface area contributed by atoms with Crippen molar-refractivity contribution in [1.29, 1.82) is 0 Å². The zero-order chi connectivity index (χ0) is 19.6. The Kier molecular flexibility index (Phi) is 5.43. The molecule has 0 spiro atoms. The van der Waals surface area contributed by atoms with Crippen LogP contribution in [0.25, 0.3) is 0 Å². The highest BCUT2D eigenvalue weighted by atomic mass is 32.2. The van der Waals surface area contributed by atoms with Crippen molar-refractivity contribution in [2.75, 3.05) is 17.9 Å². The average Bonchev–Trinajstić information content (AvgIpc) is 3.43. The molecule has 2 aromatic heterocycles. The number of hydrogen-bond acceptors (Lipinski definition) is 8. The van der Waals surface area contributed by atoms with Crippen LogP contribution in [0.2, 0.25) is 0 Å². The summed E-state index contributed by atoms with van der Waals surface area (Å²) in [5.74, 6) is 1.000. The van der Waals surface area contributed by atoms with Crippen molar-refractivity contribution in [2.24, 2.45) is 7.05 Å². The molecule has 0 bridgehead atoms. The molecular weight excluding hydrogens is 404 g/mol. The number of likely N-dealkylation sites (tertiary alicyclic amines) is 1. The summed E-state index contributed by atoms with van der Waals surface area (Å²) < 4.78 is 15.4. The number of ether oxygens (including phenoxy) is 1. The third kappa shape index (κ3) is 3.86. The molecule has 2 atom stereocenters. The zero-order valence-corrected chi connectivity index (χ0v) is 18.0. The number of fused-ring (bicyclic) bond motifs is 1. The summed E-state index contributed by atoms with van der Waals surface area (Å²) >= 11 is 2.89. The van der Waals surface area contributed by atoms with Crippen LogP contribution in [-0.2, 0) is 7.05 Å². The van der Waals surface area contributed by atoms with Gasteiger partial charge in [0, 0.05) is 47.7 Å².